The maximum atomic E-state index is 12.5. The molecule has 0 aliphatic rings. The Morgan fingerprint density at radius 3 is 2.62 bits per heavy atom. The van der Waals surface area contributed by atoms with Crippen molar-refractivity contribution < 1.29 is 14.3 Å². The number of Topliss-reactive ketones (excluding diaryl/α,β-unsaturated/α-hetero) is 1. The maximum absolute atomic E-state index is 12.5. The van der Waals surface area contributed by atoms with Gasteiger partial charge in [0.2, 0.25) is 5.78 Å². The molecule has 0 aromatic heterocycles. The lowest BCUT2D eigenvalue weighted by molar-refractivity contribution is 0.104. The fourth-order valence-corrected chi connectivity index (χ4v) is 2.31. The van der Waals surface area contributed by atoms with Crippen LogP contribution in [0.3, 0.4) is 0 Å². The summed E-state index contributed by atoms with van der Waals surface area (Å²) in [7, 11) is 1.55. The fourth-order valence-electron chi connectivity index (χ4n) is 2.31. The topological polar surface area (TPSA) is 59.3 Å². The zero-order valence-electron chi connectivity index (χ0n) is 14.0. The molecule has 2 aromatic carbocycles. The first-order chi connectivity index (χ1) is 11.6. The van der Waals surface area contributed by atoms with E-state index in [1.54, 1.807) is 49.6 Å². The molecule has 0 N–H and O–H groups in total. The minimum atomic E-state index is -0.297. The first-order valence-corrected chi connectivity index (χ1v) is 7.63. The van der Waals surface area contributed by atoms with Gasteiger partial charge in [0.1, 0.15) is 11.6 Å². The lowest BCUT2D eigenvalue weighted by Crippen LogP contribution is -2.02. The summed E-state index contributed by atoms with van der Waals surface area (Å²) < 4.78 is 10.8. The number of methoxy groups -OCH3 is 1. The van der Waals surface area contributed by atoms with E-state index in [4.69, 9.17) is 9.47 Å². The first kappa shape index (κ1) is 17.3. The number of hydrogen-bond acceptors (Lipinski definition) is 4. The molecule has 0 aliphatic heterocycles. The fraction of sp³-hybridized carbons (Fsp3) is 0.200. The molecule has 4 nitrogen and oxygen atoms in total. The van der Waals surface area contributed by atoms with Gasteiger partial charge in [-0.05, 0) is 43.7 Å². The SMILES string of the molecule is CCOc1ccc(/C=C(\C#N)C(=O)c2cccc(C)c2)cc1OC. The van der Waals surface area contributed by atoms with E-state index in [9.17, 15) is 10.1 Å². The summed E-state index contributed by atoms with van der Waals surface area (Å²) in [5.41, 5.74) is 2.25. The summed E-state index contributed by atoms with van der Waals surface area (Å²) in [6, 6.07) is 14.5. The third-order valence-electron chi connectivity index (χ3n) is 3.44. The zero-order chi connectivity index (χ0) is 17.5. The van der Waals surface area contributed by atoms with Gasteiger partial charge in [-0.15, -0.1) is 0 Å². The van der Waals surface area contributed by atoms with Gasteiger partial charge < -0.3 is 9.47 Å². The summed E-state index contributed by atoms with van der Waals surface area (Å²) in [5.74, 6) is 0.889. The molecule has 2 aromatic rings. The second-order valence-corrected chi connectivity index (χ2v) is 5.21. The number of nitriles is 1. The van der Waals surface area contributed by atoms with Gasteiger partial charge in [0.25, 0.3) is 0 Å². The van der Waals surface area contributed by atoms with Crippen LogP contribution in [-0.4, -0.2) is 19.5 Å². The molecule has 0 saturated heterocycles. The van der Waals surface area contributed by atoms with Gasteiger partial charge in [-0.3, -0.25) is 4.79 Å². The number of ketones is 1. The van der Waals surface area contributed by atoms with Crippen LogP contribution >= 0.6 is 0 Å². The largest absolute Gasteiger partial charge is 0.493 e. The molecule has 0 spiro atoms. The Hall–Kier alpha value is -3.06. The van der Waals surface area contributed by atoms with Gasteiger partial charge in [0.15, 0.2) is 11.5 Å². The summed E-state index contributed by atoms with van der Waals surface area (Å²) in [4.78, 5) is 12.5. The van der Waals surface area contributed by atoms with E-state index in [0.717, 1.165) is 5.56 Å². The standard InChI is InChI=1S/C20H19NO3/c1-4-24-18-9-8-15(12-19(18)23-3)11-17(13-21)20(22)16-7-5-6-14(2)10-16/h5-12H,4H2,1-3H3/b17-11+. The molecule has 0 aliphatic carbocycles. The van der Waals surface area contributed by atoms with Crippen molar-refractivity contribution in [3.05, 3.63) is 64.7 Å². The van der Waals surface area contributed by atoms with Gasteiger partial charge >= 0.3 is 0 Å². The Balaban J connectivity index is 2.37. The highest BCUT2D eigenvalue weighted by Crippen LogP contribution is 2.29. The average molecular weight is 321 g/mol. The van der Waals surface area contributed by atoms with Crippen LogP contribution in [-0.2, 0) is 0 Å². The molecule has 4 heteroatoms. The normalized spacial score (nSPS) is 10.8. The number of rotatable bonds is 6. The van der Waals surface area contributed by atoms with Gasteiger partial charge in [-0.2, -0.15) is 5.26 Å². The Kier molecular flexibility index (Phi) is 5.75. The highest BCUT2D eigenvalue weighted by molar-refractivity contribution is 6.14. The second kappa shape index (κ2) is 7.98. The molecule has 0 atom stereocenters. The van der Waals surface area contributed by atoms with Crippen LogP contribution in [0.5, 0.6) is 11.5 Å². The van der Waals surface area contributed by atoms with Crippen LogP contribution in [0.1, 0.15) is 28.4 Å². The number of nitrogens with zero attached hydrogens (tertiary/aromatic N) is 1. The molecule has 0 unspecified atom stereocenters. The van der Waals surface area contributed by atoms with Crippen molar-refractivity contribution in [3.63, 3.8) is 0 Å². The van der Waals surface area contributed by atoms with Gasteiger partial charge in [-0.25, -0.2) is 0 Å². The third kappa shape index (κ3) is 4.02. The van der Waals surface area contributed by atoms with Crippen LogP contribution in [0, 0.1) is 18.3 Å². The molecule has 24 heavy (non-hydrogen) atoms. The minimum absolute atomic E-state index is 0.0758. The average Bonchev–Trinajstić information content (AvgIpc) is 2.60. The second-order valence-electron chi connectivity index (χ2n) is 5.21. The zero-order valence-corrected chi connectivity index (χ0v) is 14.0. The Morgan fingerprint density at radius 1 is 1.21 bits per heavy atom. The number of benzene rings is 2. The quantitative estimate of drug-likeness (QED) is 0.455. The van der Waals surface area contributed by atoms with Crippen molar-refractivity contribution in [3.8, 4) is 17.6 Å². The number of ether oxygens (including phenoxy) is 2. The van der Waals surface area contributed by atoms with Crippen molar-refractivity contribution in [2.24, 2.45) is 0 Å². The van der Waals surface area contributed by atoms with E-state index in [-0.39, 0.29) is 11.4 Å². The van der Waals surface area contributed by atoms with E-state index < -0.39 is 0 Å². The predicted octanol–water partition coefficient (Wildman–Crippen LogP) is 4.19. The van der Waals surface area contributed by atoms with Crippen molar-refractivity contribution >= 4 is 11.9 Å². The van der Waals surface area contributed by atoms with Gasteiger partial charge in [0, 0.05) is 5.56 Å². The molecule has 0 bridgehead atoms. The summed E-state index contributed by atoms with van der Waals surface area (Å²) >= 11 is 0. The van der Waals surface area contributed by atoms with Crippen LogP contribution in [0.15, 0.2) is 48.0 Å². The highest BCUT2D eigenvalue weighted by Gasteiger charge is 2.13. The summed E-state index contributed by atoms with van der Waals surface area (Å²) in [5, 5.41) is 9.36. The van der Waals surface area contributed by atoms with E-state index >= 15 is 0 Å². The summed E-state index contributed by atoms with van der Waals surface area (Å²) in [6.07, 6.45) is 1.56. The van der Waals surface area contributed by atoms with Crippen molar-refractivity contribution in [1.29, 1.82) is 5.26 Å². The number of allylic oxidation sites excluding steroid dienone is 1. The molecular formula is C20H19NO3. The molecule has 2 rings (SSSR count). The highest BCUT2D eigenvalue weighted by atomic mass is 16.5. The maximum Gasteiger partial charge on any atom is 0.203 e. The molecule has 0 radical (unpaired) electrons. The number of carbonyl (C=O) groups is 1. The van der Waals surface area contributed by atoms with Crippen molar-refractivity contribution in [2.75, 3.05) is 13.7 Å². The van der Waals surface area contributed by atoms with Gasteiger partial charge in [-0.1, -0.05) is 29.8 Å². The molecule has 0 amide bonds. The van der Waals surface area contributed by atoms with Crippen molar-refractivity contribution in [1.82, 2.24) is 0 Å². The number of hydrogen-bond donors (Lipinski definition) is 0. The smallest absolute Gasteiger partial charge is 0.203 e. The molecule has 0 heterocycles. The molecule has 122 valence electrons. The Morgan fingerprint density at radius 2 is 2.00 bits per heavy atom. The van der Waals surface area contributed by atoms with Crippen LogP contribution in [0.25, 0.3) is 6.08 Å². The third-order valence-corrected chi connectivity index (χ3v) is 3.44. The number of aryl methyl sites for hydroxylation is 1. The number of carbonyl (C=O) groups excluding carboxylic acids is 1. The van der Waals surface area contributed by atoms with Crippen LogP contribution in [0.2, 0.25) is 0 Å². The van der Waals surface area contributed by atoms with E-state index in [0.29, 0.717) is 29.2 Å². The molecule has 0 saturated carbocycles. The van der Waals surface area contributed by atoms with Crippen molar-refractivity contribution in [2.45, 2.75) is 13.8 Å². The molecule has 0 fully saturated rings. The monoisotopic (exact) mass is 321 g/mol. The Bertz CT molecular complexity index is 816. The minimum Gasteiger partial charge on any atom is -0.493 e. The van der Waals surface area contributed by atoms with Gasteiger partial charge in [0.05, 0.1) is 13.7 Å². The molecular weight excluding hydrogens is 302 g/mol. The predicted molar refractivity (Wildman–Crippen MR) is 93.3 cm³/mol. The lowest BCUT2D eigenvalue weighted by Gasteiger charge is -2.09. The van der Waals surface area contributed by atoms with Crippen LogP contribution < -0.4 is 9.47 Å². The lowest BCUT2D eigenvalue weighted by atomic mass is 10.0. The van der Waals surface area contributed by atoms with E-state index in [1.807, 2.05) is 26.0 Å². The first-order valence-electron chi connectivity index (χ1n) is 7.63. The Labute approximate surface area is 141 Å². The summed E-state index contributed by atoms with van der Waals surface area (Å²) in [6.45, 7) is 4.33. The van der Waals surface area contributed by atoms with E-state index in [1.165, 1.54) is 0 Å². The van der Waals surface area contributed by atoms with E-state index in [2.05, 4.69) is 0 Å². The van der Waals surface area contributed by atoms with Crippen LogP contribution in [0.4, 0.5) is 0 Å².